The second-order valence-electron chi connectivity index (χ2n) is 7.90. The predicted molar refractivity (Wildman–Crippen MR) is 132 cm³/mol. The molecule has 0 saturated carbocycles. The summed E-state index contributed by atoms with van der Waals surface area (Å²) in [5.74, 6) is 0. The normalized spacial score (nSPS) is 11.1. The summed E-state index contributed by atoms with van der Waals surface area (Å²) in [4.78, 5) is 2.39. The Balaban J connectivity index is 0.00000341. The van der Waals surface area contributed by atoms with Crippen molar-refractivity contribution in [3.8, 4) is 0 Å². The summed E-state index contributed by atoms with van der Waals surface area (Å²) >= 11 is 20.2. The quantitative estimate of drug-likeness (QED) is 0.322. The van der Waals surface area contributed by atoms with Gasteiger partial charge in [-0.2, -0.15) is 0 Å². The molecule has 0 bridgehead atoms. The minimum Gasteiger partial charge on any atom is -1.00 e. The van der Waals surface area contributed by atoms with Gasteiger partial charge in [0.05, 0.1) is 30.7 Å². The standard InChI is InChI=1S/C24H26Cl3N2S.ClH/c1-29(2,17-18-9-11-21(26)22(27)15-18)14-6-13-28-23-16-19(25)10-12-24(23)30-20-7-4-3-5-8-20;/h3-5,7-12,15-16,28H,6,13-14,17H2,1-2H3;1H/q+1;/p-1. The molecule has 0 saturated heterocycles. The summed E-state index contributed by atoms with van der Waals surface area (Å²) in [6.07, 6.45) is 1.04. The van der Waals surface area contributed by atoms with Gasteiger partial charge in [0.2, 0.25) is 0 Å². The minimum atomic E-state index is 0. The van der Waals surface area contributed by atoms with E-state index in [0.717, 1.165) is 41.2 Å². The van der Waals surface area contributed by atoms with Crippen LogP contribution in [0.4, 0.5) is 5.69 Å². The molecule has 0 spiro atoms. The van der Waals surface area contributed by atoms with E-state index in [9.17, 15) is 0 Å². The summed E-state index contributed by atoms with van der Waals surface area (Å²) in [5, 5.41) is 5.52. The van der Waals surface area contributed by atoms with Gasteiger partial charge in [-0.1, -0.05) is 70.8 Å². The van der Waals surface area contributed by atoms with E-state index in [1.54, 1.807) is 11.8 Å². The molecule has 0 fully saturated rings. The van der Waals surface area contributed by atoms with Gasteiger partial charge < -0.3 is 22.2 Å². The van der Waals surface area contributed by atoms with Crippen LogP contribution in [-0.4, -0.2) is 31.7 Å². The van der Waals surface area contributed by atoms with Crippen LogP contribution in [0.15, 0.2) is 76.5 Å². The smallest absolute Gasteiger partial charge is 0.104 e. The van der Waals surface area contributed by atoms with E-state index in [1.807, 2.05) is 36.4 Å². The van der Waals surface area contributed by atoms with Crippen molar-refractivity contribution in [2.24, 2.45) is 0 Å². The van der Waals surface area contributed by atoms with Crippen molar-refractivity contribution in [2.75, 3.05) is 32.5 Å². The second-order valence-corrected chi connectivity index (χ2v) is 10.3. The van der Waals surface area contributed by atoms with Gasteiger partial charge in [-0.3, -0.25) is 0 Å². The molecule has 0 amide bonds. The summed E-state index contributed by atoms with van der Waals surface area (Å²) < 4.78 is 0.876. The van der Waals surface area contributed by atoms with Crippen LogP contribution in [0.3, 0.4) is 0 Å². The maximum atomic E-state index is 6.25. The van der Waals surface area contributed by atoms with Crippen molar-refractivity contribution >= 4 is 52.3 Å². The summed E-state index contributed by atoms with van der Waals surface area (Å²) in [5.41, 5.74) is 2.27. The molecule has 0 unspecified atom stereocenters. The Hall–Kier alpha value is -1.07. The number of halogens is 4. The summed E-state index contributed by atoms with van der Waals surface area (Å²) in [6, 6.07) is 22.3. The van der Waals surface area contributed by atoms with E-state index in [-0.39, 0.29) is 12.4 Å². The van der Waals surface area contributed by atoms with Crippen LogP contribution in [0.2, 0.25) is 15.1 Å². The van der Waals surface area contributed by atoms with Gasteiger partial charge >= 0.3 is 0 Å². The molecule has 0 aliphatic rings. The van der Waals surface area contributed by atoms with E-state index in [2.05, 4.69) is 49.7 Å². The van der Waals surface area contributed by atoms with E-state index in [0.29, 0.717) is 10.0 Å². The average molecular weight is 516 g/mol. The van der Waals surface area contributed by atoms with E-state index in [1.165, 1.54) is 15.4 Å². The number of quaternary nitrogens is 1. The maximum Gasteiger partial charge on any atom is 0.104 e. The molecule has 166 valence electrons. The molecule has 0 aliphatic heterocycles. The lowest BCUT2D eigenvalue weighted by Gasteiger charge is -2.30. The molecule has 7 heteroatoms. The number of benzene rings is 3. The van der Waals surface area contributed by atoms with Crippen LogP contribution < -0.4 is 17.7 Å². The SMILES string of the molecule is C[N+](C)(CCCNc1cc(Cl)ccc1Sc1ccccc1)Cc1ccc(Cl)c(Cl)c1.[Cl-]. The number of nitrogens with one attached hydrogen (secondary N) is 1. The van der Waals surface area contributed by atoms with Crippen molar-refractivity contribution in [1.29, 1.82) is 0 Å². The molecule has 0 heterocycles. The maximum absolute atomic E-state index is 6.25. The number of rotatable bonds is 9. The Morgan fingerprint density at radius 1 is 0.871 bits per heavy atom. The zero-order valence-electron chi connectivity index (χ0n) is 17.5. The van der Waals surface area contributed by atoms with Gasteiger partial charge in [0.1, 0.15) is 6.54 Å². The Morgan fingerprint density at radius 2 is 1.61 bits per heavy atom. The van der Waals surface area contributed by atoms with Crippen molar-refractivity contribution in [3.63, 3.8) is 0 Å². The fourth-order valence-electron chi connectivity index (χ4n) is 3.29. The highest BCUT2D eigenvalue weighted by atomic mass is 35.5. The average Bonchev–Trinajstić information content (AvgIpc) is 2.70. The second kappa shape index (κ2) is 12.2. The Morgan fingerprint density at radius 3 is 2.32 bits per heavy atom. The first kappa shape index (κ1) is 26.2. The predicted octanol–water partition coefficient (Wildman–Crippen LogP) is 4.88. The number of anilines is 1. The summed E-state index contributed by atoms with van der Waals surface area (Å²) in [7, 11) is 4.47. The van der Waals surface area contributed by atoms with Crippen LogP contribution >= 0.6 is 46.6 Å². The first-order valence-corrected chi connectivity index (χ1v) is 11.8. The van der Waals surface area contributed by atoms with Crippen LogP contribution in [0.1, 0.15) is 12.0 Å². The lowest BCUT2D eigenvalue weighted by Crippen LogP contribution is -3.00. The molecule has 0 atom stereocenters. The summed E-state index contributed by atoms with van der Waals surface area (Å²) in [6.45, 7) is 2.82. The first-order chi connectivity index (χ1) is 14.3. The Labute approximate surface area is 210 Å². The highest BCUT2D eigenvalue weighted by Gasteiger charge is 2.16. The molecular formula is C24H26Cl4N2S. The third-order valence-corrected chi connectivity index (χ3v) is 6.82. The third kappa shape index (κ3) is 8.42. The topological polar surface area (TPSA) is 12.0 Å². The Kier molecular flexibility index (Phi) is 10.3. The number of nitrogens with zero attached hydrogens (tertiary/aromatic N) is 1. The first-order valence-electron chi connectivity index (χ1n) is 9.85. The van der Waals surface area contributed by atoms with Crippen molar-refractivity contribution in [3.05, 3.63) is 87.4 Å². The molecule has 1 N–H and O–H groups in total. The zero-order valence-corrected chi connectivity index (χ0v) is 21.4. The monoisotopic (exact) mass is 514 g/mol. The minimum absolute atomic E-state index is 0. The Bertz CT molecular complexity index is 981. The van der Waals surface area contributed by atoms with Crippen molar-refractivity contribution in [1.82, 2.24) is 0 Å². The van der Waals surface area contributed by atoms with Crippen LogP contribution in [-0.2, 0) is 6.54 Å². The molecular weight excluding hydrogens is 490 g/mol. The fourth-order valence-corrected chi connectivity index (χ4v) is 4.70. The van der Waals surface area contributed by atoms with Crippen molar-refractivity contribution < 1.29 is 16.9 Å². The molecule has 0 aromatic heterocycles. The molecule has 31 heavy (non-hydrogen) atoms. The molecule has 0 radical (unpaired) electrons. The van der Waals surface area contributed by atoms with Gasteiger partial charge in [-0.25, -0.2) is 0 Å². The molecule has 3 aromatic carbocycles. The third-order valence-electron chi connectivity index (χ3n) is 4.76. The van der Waals surface area contributed by atoms with Gasteiger partial charge in [-0.05, 0) is 42.5 Å². The van der Waals surface area contributed by atoms with Crippen LogP contribution in [0, 0.1) is 0 Å². The van der Waals surface area contributed by atoms with Crippen molar-refractivity contribution in [2.45, 2.75) is 22.8 Å². The highest BCUT2D eigenvalue weighted by molar-refractivity contribution is 7.99. The van der Waals surface area contributed by atoms with E-state index < -0.39 is 0 Å². The van der Waals surface area contributed by atoms with Gasteiger partial charge in [0.15, 0.2) is 0 Å². The van der Waals surface area contributed by atoms with Gasteiger partial charge in [0.25, 0.3) is 0 Å². The molecule has 3 aromatic rings. The molecule has 3 rings (SSSR count). The fraction of sp³-hybridized carbons (Fsp3) is 0.250. The lowest BCUT2D eigenvalue weighted by atomic mass is 10.2. The van der Waals surface area contributed by atoms with Crippen LogP contribution in [0.25, 0.3) is 0 Å². The van der Waals surface area contributed by atoms with Gasteiger partial charge in [0, 0.05) is 39.0 Å². The molecule has 2 nitrogen and oxygen atoms in total. The number of hydrogen-bond donors (Lipinski definition) is 1. The molecule has 0 aliphatic carbocycles. The number of hydrogen-bond acceptors (Lipinski definition) is 2. The van der Waals surface area contributed by atoms with E-state index >= 15 is 0 Å². The van der Waals surface area contributed by atoms with Gasteiger partial charge in [-0.15, -0.1) is 0 Å². The zero-order chi connectivity index (χ0) is 21.6. The highest BCUT2D eigenvalue weighted by Crippen LogP contribution is 2.35. The van der Waals surface area contributed by atoms with E-state index in [4.69, 9.17) is 34.8 Å². The lowest BCUT2D eigenvalue weighted by molar-refractivity contribution is -0.903. The largest absolute Gasteiger partial charge is 1.00 e. The van der Waals surface area contributed by atoms with Crippen LogP contribution in [0.5, 0.6) is 0 Å².